The van der Waals surface area contributed by atoms with Crippen molar-refractivity contribution in [3.05, 3.63) is 71.9 Å². The van der Waals surface area contributed by atoms with Crippen molar-refractivity contribution >= 4 is 33.1 Å². The first-order valence-corrected chi connectivity index (χ1v) is 9.06. The topological polar surface area (TPSA) is 41.6 Å². The summed E-state index contributed by atoms with van der Waals surface area (Å²) in [5.74, 6) is 0. The van der Waals surface area contributed by atoms with E-state index in [0.29, 0.717) is 0 Å². The lowest BCUT2D eigenvalue weighted by Crippen LogP contribution is -1.87. The molecule has 3 heterocycles. The third kappa shape index (κ3) is 2.26. The van der Waals surface area contributed by atoms with Crippen LogP contribution in [0, 0.1) is 6.92 Å². The minimum Gasteiger partial charge on any atom is -0.360 e. The number of hydrogen-bond acceptors (Lipinski definition) is 3. The van der Waals surface area contributed by atoms with Gasteiger partial charge in [-0.1, -0.05) is 30.3 Å². The predicted octanol–water partition coefficient (Wildman–Crippen LogP) is 5.82. The number of nitrogens with zero attached hydrogens (tertiary/aromatic N) is 2. The summed E-state index contributed by atoms with van der Waals surface area (Å²) in [6, 6.07) is 16.8. The molecule has 120 valence electrons. The van der Waals surface area contributed by atoms with Crippen molar-refractivity contribution in [2.75, 3.05) is 0 Å². The molecule has 0 atom stereocenters. The first-order chi connectivity index (χ1) is 12.3. The number of nitrogens with one attached hydrogen (secondary N) is 1. The van der Waals surface area contributed by atoms with Crippen molar-refractivity contribution in [3.8, 4) is 21.8 Å². The van der Waals surface area contributed by atoms with E-state index in [4.69, 9.17) is 4.98 Å². The maximum atomic E-state index is 4.92. The van der Waals surface area contributed by atoms with Gasteiger partial charge >= 0.3 is 0 Å². The highest BCUT2D eigenvalue weighted by Gasteiger charge is 2.11. The highest BCUT2D eigenvalue weighted by Crippen LogP contribution is 2.33. The second-order valence-electron chi connectivity index (χ2n) is 6.11. The van der Waals surface area contributed by atoms with Crippen LogP contribution in [-0.4, -0.2) is 15.0 Å². The van der Waals surface area contributed by atoms with Crippen LogP contribution >= 0.6 is 11.3 Å². The summed E-state index contributed by atoms with van der Waals surface area (Å²) in [5.41, 5.74) is 6.68. The van der Waals surface area contributed by atoms with E-state index in [2.05, 4.69) is 71.6 Å². The lowest BCUT2D eigenvalue weighted by Gasteiger charge is -2.06. The van der Waals surface area contributed by atoms with Gasteiger partial charge in [-0.15, -0.1) is 11.3 Å². The molecule has 0 unspecified atom stereocenters. The van der Waals surface area contributed by atoms with Crippen LogP contribution in [0.25, 0.3) is 43.6 Å². The SMILES string of the molecule is Cc1cccc2c(-c3ccc4c(-c5nccs5)cccc4n3)c[nH]c12. The largest absolute Gasteiger partial charge is 0.360 e. The monoisotopic (exact) mass is 341 g/mol. The Labute approximate surface area is 149 Å². The summed E-state index contributed by atoms with van der Waals surface area (Å²) in [7, 11) is 0. The Morgan fingerprint density at radius 2 is 1.84 bits per heavy atom. The number of thiazole rings is 1. The molecule has 0 fully saturated rings. The lowest BCUT2D eigenvalue weighted by atomic mass is 10.0. The summed E-state index contributed by atoms with van der Waals surface area (Å²) in [6.07, 6.45) is 3.89. The van der Waals surface area contributed by atoms with E-state index in [9.17, 15) is 0 Å². The van der Waals surface area contributed by atoms with Gasteiger partial charge in [-0.25, -0.2) is 9.97 Å². The molecule has 0 bridgehead atoms. The Morgan fingerprint density at radius 1 is 0.920 bits per heavy atom. The molecule has 0 aliphatic carbocycles. The van der Waals surface area contributed by atoms with Gasteiger partial charge in [-0.05, 0) is 30.7 Å². The number of aromatic nitrogens is 3. The Kier molecular flexibility index (Phi) is 3.18. The number of benzene rings is 2. The summed E-state index contributed by atoms with van der Waals surface area (Å²) < 4.78 is 0. The summed E-state index contributed by atoms with van der Waals surface area (Å²) in [6.45, 7) is 2.12. The third-order valence-electron chi connectivity index (χ3n) is 4.59. The third-order valence-corrected chi connectivity index (χ3v) is 5.40. The van der Waals surface area contributed by atoms with Crippen LogP contribution < -0.4 is 0 Å². The van der Waals surface area contributed by atoms with E-state index >= 15 is 0 Å². The minimum absolute atomic E-state index is 0.987. The van der Waals surface area contributed by atoms with Gasteiger partial charge in [0.1, 0.15) is 5.01 Å². The Morgan fingerprint density at radius 3 is 2.72 bits per heavy atom. The van der Waals surface area contributed by atoms with E-state index in [0.717, 1.165) is 32.7 Å². The number of fused-ring (bicyclic) bond motifs is 2. The fourth-order valence-corrected chi connectivity index (χ4v) is 4.04. The number of rotatable bonds is 2. The molecule has 0 aliphatic rings. The number of pyridine rings is 1. The van der Waals surface area contributed by atoms with Crippen molar-refractivity contribution in [3.63, 3.8) is 0 Å². The van der Waals surface area contributed by atoms with Crippen LogP contribution in [0.3, 0.4) is 0 Å². The number of aromatic amines is 1. The average Bonchev–Trinajstić information content (AvgIpc) is 3.31. The van der Waals surface area contributed by atoms with Gasteiger partial charge < -0.3 is 4.98 Å². The molecule has 3 nitrogen and oxygen atoms in total. The van der Waals surface area contributed by atoms with Crippen molar-refractivity contribution in [1.82, 2.24) is 15.0 Å². The average molecular weight is 341 g/mol. The second-order valence-corrected chi connectivity index (χ2v) is 7.00. The molecule has 0 aliphatic heterocycles. The zero-order valence-corrected chi connectivity index (χ0v) is 14.5. The Hall–Kier alpha value is -2.98. The van der Waals surface area contributed by atoms with E-state index in [1.807, 2.05) is 11.6 Å². The van der Waals surface area contributed by atoms with Gasteiger partial charge in [0, 0.05) is 45.2 Å². The van der Waals surface area contributed by atoms with Gasteiger partial charge in [0.25, 0.3) is 0 Å². The van der Waals surface area contributed by atoms with Crippen molar-refractivity contribution in [1.29, 1.82) is 0 Å². The van der Waals surface area contributed by atoms with Crippen molar-refractivity contribution in [2.45, 2.75) is 6.92 Å². The maximum absolute atomic E-state index is 4.92. The van der Waals surface area contributed by atoms with Crippen LogP contribution in [0.2, 0.25) is 0 Å². The number of para-hydroxylation sites is 1. The molecule has 5 rings (SSSR count). The molecule has 0 saturated heterocycles. The number of H-pyrrole nitrogens is 1. The molecule has 0 saturated carbocycles. The summed E-state index contributed by atoms with van der Waals surface area (Å²) >= 11 is 1.65. The van der Waals surface area contributed by atoms with Gasteiger partial charge in [0.05, 0.1) is 11.2 Å². The van der Waals surface area contributed by atoms with E-state index in [1.165, 1.54) is 16.5 Å². The normalized spacial score (nSPS) is 11.4. The lowest BCUT2D eigenvalue weighted by molar-refractivity contribution is 1.38. The van der Waals surface area contributed by atoms with Gasteiger partial charge in [0.2, 0.25) is 0 Å². The predicted molar refractivity (Wildman–Crippen MR) is 105 cm³/mol. The number of aryl methyl sites for hydroxylation is 1. The van der Waals surface area contributed by atoms with Gasteiger partial charge in [-0.3, -0.25) is 0 Å². The molecule has 0 spiro atoms. The molecule has 1 N–H and O–H groups in total. The molecule has 5 aromatic rings. The fraction of sp³-hybridized carbons (Fsp3) is 0.0476. The van der Waals surface area contributed by atoms with Crippen LogP contribution in [0.5, 0.6) is 0 Å². The zero-order valence-electron chi connectivity index (χ0n) is 13.7. The van der Waals surface area contributed by atoms with Crippen LogP contribution in [0.4, 0.5) is 0 Å². The van der Waals surface area contributed by atoms with Crippen molar-refractivity contribution in [2.24, 2.45) is 0 Å². The Bertz CT molecular complexity index is 1200. The zero-order chi connectivity index (χ0) is 16.8. The first kappa shape index (κ1) is 14.4. The van der Waals surface area contributed by atoms with Crippen LogP contribution in [0.15, 0.2) is 66.3 Å². The molecule has 0 radical (unpaired) electrons. The maximum Gasteiger partial charge on any atom is 0.123 e. The number of hydrogen-bond donors (Lipinski definition) is 1. The van der Waals surface area contributed by atoms with E-state index in [-0.39, 0.29) is 0 Å². The standard InChI is InChI=1S/C21H15N3S/c1-13-4-2-5-15-17(12-23-20(13)15)19-9-8-14-16(21-22-10-11-25-21)6-3-7-18(14)24-19/h2-12,23H,1H3. The molecular weight excluding hydrogens is 326 g/mol. The van der Waals surface area contributed by atoms with Crippen LogP contribution in [-0.2, 0) is 0 Å². The molecular formula is C21H15N3S. The minimum atomic E-state index is 0.987. The molecule has 2 aromatic carbocycles. The van der Waals surface area contributed by atoms with E-state index in [1.54, 1.807) is 11.3 Å². The van der Waals surface area contributed by atoms with E-state index < -0.39 is 0 Å². The molecule has 4 heteroatoms. The quantitative estimate of drug-likeness (QED) is 0.440. The van der Waals surface area contributed by atoms with Crippen molar-refractivity contribution < 1.29 is 0 Å². The first-order valence-electron chi connectivity index (χ1n) is 8.18. The smallest absolute Gasteiger partial charge is 0.123 e. The molecule has 3 aromatic heterocycles. The molecule has 0 amide bonds. The van der Waals surface area contributed by atoms with Crippen LogP contribution in [0.1, 0.15) is 5.56 Å². The van der Waals surface area contributed by atoms with Gasteiger partial charge in [-0.2, -0.15) is 0 Å². The summed E-state index contributed by atoms with van der Waals surface area (Å²) in [4.78, 5) is 12.8. The molecule has 25 heavy (non-hydrogen) atoms. The summed E-state index contributed by atoms with van der Waals surface area (Å²) in [5, 5.41) is 5.38. The highest BCUT2D eigenvalue weighted by atomic mass is 32.1. The fourth-order valence-electron chi connectivity index (χ4n) is 3.37. The van der Waals surface area contributed by atoms with Gasteiger partial charge in [0.15, 0.2) is 0 Å². The Balaban J connectivity index is 1.72. The highest BCUT2D eigenvalue weighted by molar-refractivity contribution is 7.13. The second kappa shape index (κ2) is 5.53.